The fourth-order valence-electron chi connectivity index (χ4n) is 5.01. The molecule has 0 aliphatic carbocycles. The number of hydrogen-bond donors (Lipinski definition) is 4. The first-order valence-corrected chi connectivity index (χ1v) is 15.9. The third-order valence-corrected chi connectivity index (χ3v) is 7.57. The highest BCUT2D eigenvalue weighted by Crippen LogP contribution is 2.37. The predicted molar refractivity (Wildman–Crippen MR) is 167 cm³/mol. The Balaban J connectivity index is 1.33. The van der Waals surface area contributed by atoms with E-state index >= 15 is 0 Å². The molecule has 0 aliphatic heterocycles. The molecule has 0 spiro atoms. The van der Waals surface area contributed by atoms with Gasteiger partial charge in [0, 0.05) is 19.8 Å². The molecule has 2 amide bonds. The van der Waals surface area contributed by atoms with Crippen LogP contribution < -0.4 is 15.2 Å². The summed E-state index contributed by atoms with van der Waals surface area (Å²) in [5, 5.41) is 12.1. The quantitative estimate of drug-likeness (QED) is 0.134. The van der Waals surface area contributed by atoms with E-state index in [1.54, 1.807) is 12.1 Å². The topological polar surface area (TPSA) is 164 Å². The Kier molecular flexibility index (Phi) is 10.0. The minimum absolute atomic E-state index is 0.0236. The summed E-state index contributed by atoms with van der Waals surface area (Å²) in [5.41, 5.74) is 2.73. The molecule has 1 aromatic heterocycles. The monoisotopic (exact) mass is 628 g/mol. The Labute approximate surface area is 259 Å². The summed E-state index contributed by atoms with van der Waals surface area (Å²) in [5.74, 6) is -0.128. The highest BCUT2D eigenvalue weighted by molar-refractivity contribution is 7.46. The van der Waals surface area contributed by atoms with Gasteiger partial charge in [-0.05, 0) is 52.4 Å². The number of fused-ring (bicyclic) bond motifs is 1. The fourth-order valence-corrected chi connectivity index (χ4v) is 5.41. The van der Waals surface area contributed by atoms with Crippen LogP contribution >= 0.6 is 7.82 Å². The number of nitrogens with zero attached hydrogens (tertiary/aromatic N) is 2. The second-order valence-electron chi connectivity index (χ2n) is 10.7. The van der Waals surface area contributed by atoms with Crippen LogP contribution in [-0.4, -0.2) is 37.8 Å². The summed E-state index contributed by atoms with van der Waals surface area (Å²) in [7, 11) is -4.71. The van der Waals surface area contributed by atoms with Crippen molar-refractivity contribution in [2.45, 2.75) is 44.7 Å². The lowest BCUT2D eigenvalue weighted by Gasteiger charge is -2.21. The van der Waals surface area contributed by atoms with Crippen molar-refractivity contribution in [1.29, 1.82) is 0 Å². The number of hydrogen-bond acceptors (Lipinski definition) is 7. The molecule has 2 atom stereocenters. The van der Waals surface area contributed by atoms with Gasteiger partial charge in [0.1, 0.15) is 17.8 Å². The Morgan fingerprint density at radius 3 is 2.27 bits per heavy atom. The van der Waals surface area contributed by atoms with Gasteiger partial charge in [-0.2, -0.15) is 4.98 Å². The van der Waals surface area contributed by atoms with Gasteiger partial charge in [0.15, 0.2) is 5.82 Å². The van der Waals surface area contributed by atoms with Gasteiger partial charge in [-0.3, -0.25) is 19.4 Å². The first-order chi connectivity index (χ1) is 21.6. The van der Waals surface area contributed by atoms with Gasteiger partial charge < -0.3 is 19.7 Å². The zero-order valence-electron chi connectivity index (χ0n) is 24.5. The lowest BCUT2D eigenvalue weighted by atomic mass is 10.0. The molecule has 0 saturated heterocycles. The summed E-state index contributed by atoms with van der Waals surface area (Å²) >= 11 is 0. The van der Waals surface area contributed by atoms with Crippen molar-refractivity contribution < 1.29 is 33.0 Å². The SMILES string of the molecule is CC(=O)N[C@@H](Cc1ccc(OP(=O)(O)O)cc1)C(=O)N[C@@H](CCc1ccccc1)c1nc(Cc2ccc3ccccc3c2)no1. The second kappa shape index (κ2) is 14.3. The van der Waals surface area contributed by atoms with E-state index in [0.717, 1.165) is 21.9 Å². The molecule has 11 nitrogen and oxygen atoms in total. The Bertz CT molecular complexity index is 1810. The van der Waals surface area contributed by atoms with Crippen LogP contribution in [0.25, 0.3) is 10.8 Å². The summed E-state index contributed by atoms with van der Waals surface area (Å²) in [4.78, 5) is 48.4. The Hall–Kier alpha value is -4.83. The smallest absolute Gasteiger partial charge is 0.404 e. The maximum atomic E-state index is 13.6. The van der Waals surface area contributed by atoms with E-state index in [9.17, 15) is 14.2 Å². The van der Waals surface area contributed by atoms with Crippen LogP contribution in [0.2, 0.25) is 0 Å². The molecular weight excluding hydrogens is 595 g/mol. The van der Waals surface area contributed by atoms with Crippen molar-refractivity contribution in [3.63, 3.8) is 0 Å². The zero-order chi connectivity index (χ0) is 31.8. The van der Waals surface area contributed by atoms with Crippen molar-refractivity contribution in [2.24, 2.45) is 0 Å². The van der Waals surface area contributed by atoms with Crippen molar-refractivity contribution in [1.82, 2.24) is 20.8 Å². The van der Waals surface area contributed by atoms with Crippen LogP contribution in [0.15, 0.2) is 102 Å². The average molecular weight is 629 g/mol. The number of aryl methyl sites for hydroxylation is 1. The van der Waals surface area contributed by atoms with E-state index in [1.807, 2.05) is 54.6 Å². The van der Waals surface area contributed by atoms with Gasteiger partial charge in [0.25, 0.3) is 0 Å². The molecule has 0 saturated carbocycles. The van der Waals surface area contributed by atoms with Gasteiger partial charge in [-0.25, -0.2) is 4.57 Å². The summed E-state index contributed by atoms with van der Waals surface area (Å²) in [6.45, 7) is 1.32. The van der Waals surface area contributed by atoms with Crippen LogP contribution in [0, 0.1) is 0 Å². The number of rotatable bonds is 13. The molecule has 0 radical (unpaired) electrons. The molecule has 5 rings (SSSR count). The van der Waals surface area contributed by atoms with Gasteiger partial charge >= 0.3 is 7.82 Å². The van der Waals surface area contributed by atoms with Crippen LogP contribution in [0.4, 0.5) is 0 Å². The first-order valence-electron chi connectivity index (χ1n) is 14.4. The van der Waals surface area contributed by atoms with Crippen molar-refractivity contribution in [3.8, 4) is 5.75 Å². The third kappa shape index (κ3) is 9.33. The fraction of sp³-hybridized carbons (Fsp3) is 0.212. The summed E-state index contributed by atoms with van der Waals surface area (Å²) in [6, 6.07) is 28.4. The maximum Gasteiger partial charge on any atom is 0.524 e. The summed E-state index contributed by atoms with van der Waals surface area (Å²) < 4.78 is 21.4. The van der Waals surface area contributed by atoms with Gasteiger partial charge in [0.2, 0.25) is 17.7 Å². The zero-order valence-corrected chi connectivity index (χ0v) is 25.4. The molecule has 5 aromatic rings. The molecule has 4 aromatic carbocycles. The highest BCUT2D eigenvalue weighted by atomic mass is 31.2. The standard InChI is InChI=1S/C33H33N4O7P/c1-22(38)34-30(20-24-12-16-28(17-13-24)44-45(40,41)42)32(39)35-29(18-14-23-7-3-2-4-8-23)33-36-31(37-43-33)21-25-11-15-26-9-5-6-10-27(26)19-25/h2-13,15-17,19,29-30H,14,18,20-21H2,1H3,(H,34,38)(H,35,39)(H2,40,41,42)/t29-,30-/m0/s1. The number of phosphoric acid groups is 1. The van der Waals surface area contributed by atoms with Crippen LogP contribution in [0.3, 0.4) is 0 Å². The number of aromatic nitrogens is 2. The molecule has 232 valence electrons. The minimum atomic E-state index is -4.71. The van der Waals surface area contributed by atoms with E-state index in [0.29, 0.717) is 30.7 Å². The lowest BCUT2D eigenvalue weighted by Crippen LogP contribution is -2.48. The average Bonchev–Trinajstić information content (AvgIpc) is 3.47. The molecular formula is C33H33N4O7P. The van der Waals surface area contributed by atoms with Crippen LogP contribution in [0.1, 0.15) is 47.8 Å². The number of carbonyl (C=O) groups is 2. The van der Waals surface area contributed by atoms with E-state index in [4.69, 9.17) is 14.3 Å². The van der Waals surface area contributed by atoms with E-state index in [-0.39, 0.29) is 18.1 Å². The van der Waals surface area contributed by atoms with E-state index in [1.165, 1.54) is 19.1 Å². The molecule has 0 fully saturated rings. The van der Waals surface area contributed by atoms with E-state index in [2.05, 4.69) is 43.5 Å². The summed E-state index contributed by atoms with van der Waals surface area (Å²) in [6.07, 6.45) is 1.66. The Morgan fingerprint density at radius 2 is 1.56 bits per heavy atom. The molecule has 12 heteroatoms. The van der Waals surface area contributed by atoms with Crippen molar-refractivity contribution in [3.05, 3.63) is 125 Å². The predicted octanol–water partition coefficient (Wildman–Crippen LogP) is 4.82. The molecule has 0 unspecified atom stereocenters. The molecule has 1 heterocycles. The molecule has 0 bridgehead atoms. The number of carbonyl (C=O) groups excluding carboxylic acids is 2. The van der Waals surface area contributed by atoms with Crippen molar-refractivity contribution in [2.75, 3.05) is 0 Å². The largest absolute Gasteiger partial charge is 0.524 e. The number of benzene rings is 4. The minimum Gasteiger partial charge on any atom is -0.404 e. The number of phosphoric ester groups is 1. The van der Waals surface area contributed by atoms with Gasteiger partial charge in [0.05, 0.1) is 0 Å². The molecule has 45 heavy (non-hydrogen) atoms. The molecule has 0 aliphatic rings. The van der Waals surface area contributed by atoms with Crippen LogP contribution in [-0.2, 0) is 33.4 Å². The maximum absolute atomic E-state index is 13.6. The third-order valence-electron chi connectivity index (χ3n) is 7.12. The number of nitrogens with one attached hydrogen (secondary N) is 2. The van der Waals surface area contributed by atoms with Gasteiger partial charge in [-0.15, -0.1) is 0 Å². The van der Waals surface area contributed by atoms with Gasteiger partial charge in [-0.1, -0.05) is 90.1 Å². The lowest BCUT2D eigenvalue weighted by molar-refractivity contribution is -0.128. The van der Waals surface area contributed by atoms with Crippen LogP contribution in [0.5, 0.6) is 5.75 Å². The number of amides is 2. The van der Waals surface area contributed by atoms with Crippen molar-refractivity contribution >= 4 is 30.4 Å². The highest BCUT2D eigenvalue weighted by Gasteiger charge is 2.27. The normalized spacial score (nSPS) is 12.8. The second-order valence-corrected chi connectivity index (χ2v) is 11.8. The molecule has 4 N–H and O–H groups in total. The van der Waals surface area contributed by atoms with E-state index < -0.39 is 31.7 Å². The Morgan fingerprint density at radius 1 is 0.867 bits per heavy atom. The first kappa shape index (κ1) is 31.6.